The molecule has 0 saturated heterocycles. The first kappa shape index (κ1) is 20.9. The van der Waals surface area contributed by atoms with Gasteiger partial charge in [-0.1, -0.05) is 59.6 Å². The molecule has 0 aliphatic heterocycles. The van der Waals surface area contributed by atoms with Crippen LogP contribution in [-0.2, 0) is 10.0 Å². The zero-order valence-corrected chi connectivity index (χ0v) is 17.6. The van der Waals surface area contributed by atoms with Gasteiger partial charge in [0.05, 0.1) is 21.6 Å². The van der Waals surface area contributed by atoms with Crippen molar-refractivity contribution in [1.82, 2.24) is 5.32 Å². The Morgan fingerprint density at radius 1 is 0.966 bits per heavy atom. The fourth-order valence-electron chi connectivity index (χ4n) is 2.77. The van der Waals surface area contributed by atoms with Crippen molar-refractivity contribution in [2.75, 3.05) is 4.72 Å². The van der Waals surface area contributed by atoms with Gasteiger partial charge in [0, 0.05) is 5.56 Å². The first-order valence-electron chi connectivity index (χ1n) is 9.01. The predicted molar refractivity (Wildman–Crippen MR) is 116 cm³/mol. The van der Waals surface area contributed by atoms with E-state index in [1.54, 1.807) is 12.1 Å². The molecule has 29 heavy (non-hydrogen) atoms. The summed E-state index contributed by atoms with van der Waals surface area (Å²) < 4.78 is 27.5. The first-order chi connectivity index (χ1) is 13.8. The Kier molecular flexibility index (Phi) is 6.25. The highest BCUT2D eigenvalue weighted by molar-refractivity contribution is 7.92. The third-order valence-electron chi connectivity index (χ3n) is 4.45. The number of hydrogen-bond acceptors (Lipinski definition) is 3. The van der Waals surface area contributed by atoms with Gasteiger partial charge in [-0.3, -0.25) is 9.52 Å². The molecule has 3 aromatic rings. The minimum Gasteiger partial charge on any atom is -0.346 e. The van der Waals surface area contributed by atoms with Crippen LogP contribution in [0.1, 0.15) is 34.5 Å². The van der Waals surface area contributed by atoms with Crippen LogP contribution in [0, 0.1) is 6.92 Å². The highest BCUT2D eigenvalue weighted by Crippen LogP contribution is 2.26. The lowest BCUT2D eigenvalue weighted by atomic mass is 10.1. The molecule has 5 nitrogen and oxygen atoms in total. The fraction of sp³-hybridized carbons (Fsp3) is 0.136. The highest BCUT2D eigenvalue weighted by Gasteiger charge is 2.17. The van der Waals surface area contributed by atoms with E-state index in [0.717, 1.165) is 11.1 Å². The quantitative estimate of drug-likeness (QED) is 0.583. The summed E-state index contributed by atoms with van der Waals surface area (Å²) in [6, 6.07) is 20.4. The van der Waals surface area contributed by atoms with Crippen LogP contribution in [0.5, 0.6) is 0 Å². The van der Waals surface area contributed by atoms with Gasteiger partial charge in [0.1, 0.15) is 0 Å². The lowest BCUT2D eigenvalue weighted by molar-refractivity contribution is 0.0940. The molecule has 1 atom stereocenters. The Morgan fingerprint density at radius 2 is 1.62 bits per heavy atom. The highest BCUT2D eigenvalue weighted by atomic mass is 35.5. The van der Waals surface area contributed by atoms with Gasteiger partial charge in [-0.05, 0) is 49.7 Å². The molecular formula is C22H21ClN2O3S. The topological polar surface area (TPSA) is 75.3 Å². The molecule has 3 rings (SSSR count). The maximum atomic E-state index is 12.5. The zero-order chi connectivity index (χ0) is 21.0. The summed E-state index contributed by atoms with van der Waals surface area (Å²) in [7, 11) is -3.78. The van der Waals surface area contributed by atoms with Crippen LogP contribution in [0.15, 0.2) is 77.7 Å². The minimum atomic E-state index is -3.78. The van der Waals surface area contributed by atoms with E-state index in [0.29, 0.717) is 5.56 Å². The van der Waals surface area contributed by atoms with Crippen molar-refractivity contribution in [1.29, 1.82) is 0 Å². The maximum absolute atomic E-state index is 12.5. The summed E-state index contributed by atoms with van der Waals surface area (Å²) in [6.45, 7) is 3.77. The molecule has 0 spiro atoms. The van der Waals surface area contributed by atoms with Gasteiger partial charge in [0.25, 0.3) is 15.9 Å². The van der Waals surface area contributed by atoms with Gasteiger partial charge in [-0.2, -0.15) is 0 Å². The molecule has 1 amide bonds. The largest absolute Gasteiger partial charge is 0.346 e. The molecule has 0 aliphatic rings. The Bertz CT molecular complexity index is 1110. The molecule has 0 radical (unpaired) electrons. The first-order valence-corrected chi connectivity index (χ1v) is 10.9. The number of aryl methyl sites for hydroxylation is 1. The number of anilines is 1. The van der Waals surface area contributed by atoms with E-state index in [9.17, 15) is 13.2 Å². The van der Waals surface area contributed by atoms with E-state index in [2.05, 4.69) is 10.0 Å². The number of carbonyl (C=O) groups excluding carboxylic acids is 1. The Balaban J connectivity index is 1.74. The Labute approximate surface area is 175 Å². The van der Waals surface area contributed by atoms with Crippen LogP contribution in [0.2, 0.25) is 5.02 Å². The van der Waals surface area contributed by atoms with Crippen LogP contribution in [-0.4, -0.2) is 14.3 Å². The van der Waals surface area contributed by atoms with E-state index >= 15 is 0 Å². The smallest absolute Gasteiger partial charge is 0.261 e. The molecule has 7 heteroatoms. The van der Waals surface area contributed by atoms with Gasteiger partial charge >= 0.3 is 0 Å². The number of rotatable bonds is 6. The Morgan fingerprint density at radius 3 is 2.24 bits per heavy atom. The van der Waals surface area contributed by atoms with Crippen molar-refractivity contribution >= 4 is 33.2 Å². The fourth-order valence-corrected chi connectivity index (χ4v) is 4.13. The summed E-state index contributed by atoms with van der Waals surface area (Å²) in [5.41, 5.74) is 2.49. The van der Waals surface area contributed by atoms with Crippen molar-refractivity contribution in [3.63, 3.8) is 0 Å². The van der Waals surface area contributed by atoms with E-state index < -0.39 is 10.0 Å². The number of halogens is 1. The third-order valence-corrected chi connectivity index (χ3v) is 6.15. The normalized spacial score (nSPS) is 12.2. The Hall–Kier alpha value is -2.83. The number of amides is 1. The monoisotopic (exact) mass is 428 g/mol. The lowest BCUT2D eigenvalue weighted by Crippen LogP contribution is -2.26. The summed E-state index contributed by atoms with van der Waals surface area (Å²) in [5, 5.41) is 3.04. The van der Waals surface area contributed by atoms with Crippen LogP contribution in [0.3, 0.4) is 0 Å². The molecule has 2 N–H and O–H groups in total. The molecular weight excluding hydrogens is 408 g/mol. The van der Waals surface area contributed by atoms with E-state index in [4.69, 9.17) is 11.6 Å². The molecule has 0 aliphatic carbocycles. The van der Waals surface area contributed by atoms with Gasteiger partial charge in [0.2, 0.25) is 0 Å². The average Bonchev–Trinajstić information content (AvgIpc) is 2.70. The van der Waals surface area contributed by atoms with Crippen LogP contribution >= 0.6 is 11.6 Å². The SMILES string of the molecule is Cc1ccc(S(=O)(=O)Nc2ccc(C(=O)N[C@H](C)c3ccccc3)cc2Cl)cc1. The van der Waals surface area contributed by atoms with Crippen LogP contribution < -0.4 is 10.0 Å². The molecule has 0 aromatic heterocycles. The summed E-state index contributed by atoms with van der Waals surface area (Å²) >= 11 is 6.24. The molecule has 0 unspecified atom stereocenters. The lowest BCUT2D eigenvalue weighted by Gasteiger charge is -2.15. The van der Waals surface area contributed by atoms with E-state index in [1.807, 2.05) is 44.2 Å². The summed E-state index contributed by atoms with van der Waals surface area (Å²) in [5.74, 6) is -0.295. The number of nitrogens with one attached hydrogen (secondary N) is 2. The third kappa shape index (κ3) is 5.16. The van der Waals surface area contributed by atoms with Gasteiger partial charge < -0.3 is 5.32 Å². The second-order valence-electron chi connectivity index (χ2n) is 6.72. The molecule has 0 saturated carbocycles. The van der Waals surface area contributed by atoms with Crippen molar-refractivity contribution in [3.8, 4) is 0 Å². The molecule has 150 valence electrons. The van der Waals surface area contributed by atoms with Gasteiger partial charge in [0.15, 0.2) is 0 Å². The number of benzene rings is 3. The van der Waals surface area contributed by atoms with Crippen molar-refractivity contribution < 1.29 is 13.2 Å². The molecule has 3 aromatic carbocycles. The average molecular weight is 429 g/mol. The van der Waals surface area contributed by atoms with Crippen LogP contribution in [0.4, 0.5) is 5.69 Å². The van der Waals surface area contributed by atoms with Crippen LogP contribution in [0.25, 0.3) is 0 Å². The molecule has 0 heterocycles. The van der Waals surface area contributed by atoms with E-state index in [1.165, 1.54) is 30.3 Å². The van der Waals surface area contributed by atoms with Crippen molar-refractivity contribution in [2.24, 2.45) is 0 Å². The second kappa shape index (κ2) is 8.68. The molecule has 0 fully saturated rings. The van der Waals surface area contributed by atoms with Gasteiger partial charge in [-0.25, -0.2) is 8.42 Å². The standard InChI is InChI=1S/C22H21ClN2O3S/c1-15-8-11-19(12-9-15)29(27,28)25-21-13-10-18(14-20(21)23)22(26)24-16(2)17-6-4-3-5-7-17/h3-14,16,25H,1-2H3,(H,24,26)/t16-/m1/s1. The number of hydrogen-bond donors (Lipinski definition) is 2. The van der Waals surface area contributed by atoms with Crippen molar-refractivity contribution in [2.45, 2.75) is 24.8 Å². The molecule has 0 bridgehead atoms. The number of carbonyl (C=O) groups is 1. The second-order valence-corrected chi connectivity index (χ2v) is 8.81. The summed E-state index contributed by atoms with van der Waals surface area (Å²) in [6.07, 6.45) is 0. The maximum Gasteiger partial charge on any atom is 0.261 e. The van der Waals surface area contributed by atoms with Crippen molar-refractivity contribution in [3.05, 3.63) is 94.5 Å². The summed E-state index contributed by atoms with van der Waals surface area (Å²) in [4.78, 5) is 12.7. The van der Waals surface area contributed by atoms with Gasteiger partial charge in [-0.15, -0.1) is 0 Å². The zero-order valence-electron chi connectivity index (χ0n) is 16.0. The number of sulfonamides is 1. The van der Waals surface area contributed by atoms with E-state index in [-0.39, 0.29) is 27.6 Å². The minimum absolute atomic E-state index is 0.137. The predicted octanol–water partition coefficient (Wildman–Crippen LogP) is 4.94.